The summed E-state index contributed by atoms with van der Waals surface area (Å²) in [7, 11) is 1.59. The zero-order chi connectivity index (χ0) is 19.0. The first-order valence-electron chi connectivity index (χ1n) is 7.67. The molecule has 0 aliphatic carbocycles. The van der Waals surface area contributed by atoms with Crippen LogP contribution >= 0.6 is 0 Å². The summed E-state index contributed by atoms with van der Waals surface area (Å²) < 4.78 is 5.21. The number of azide groups is 1. The summed E-state index contributed by atoms with van der Waals surface area (Å²) in [5.41, 5.74) is 9.51. The number of rotatable bonds is 7. The number of carbonyl (C=O) groups excluding carboxylic acids is 1. The molecule has 0 aliphatic rings. The molecule has 1 atom stereocenters. The van der Waals surface area contributed by atoms with E-state index < -0.39 is 4.31 Å². The maximum atomic E-state index is 12.9. The van der Waals surface area contributed by atoms with Gasteiger partial charge in [0.25, 0.3) is 0 Å². The third kappa shape index (κ3) is 4.78. The number of nitriles is 1. The monoisotopic (exact) mass is 415 g/mol. The van der Waals surface area contributed by atoms with Gasteiger partial charge in [-0.05, 0) is 0 Å². The van der Waals surface area contributed by atoms with Gasteiger partial charge in [0.2, 0.25) is 0 Å². The molecule has 0 saturated carbocycles. The number of methoxy groups -OCH3 is 1. The number of nitrogens with one attached hydrogen (secondary N) is 1. The van der Waals surface area contributed by atoms with Crippen molar-refractivity contribution >= 4 is 31.0 Å². The van der Waals surface area contributed by atoms with Gasteiger partial charge >= 0.3 is 157 Å². The van der Waals surface area contributed by atoms with Gasteiger partial charge in [-0.15, -0.1) is 0 Å². The van der Waals surface area contributed by atoms with Crippen LogP contribution in [0.4, 0.5) is 5.69 Å². The van der Waals surface area contributed by atoms with Crippen molar-refractivity contribution in [3.05, 3.63) is 64.5 Å². The average molecular weight is 414 g/mol. The minimum atomic E-state index is -0.906. The summed E-state index contributed by atoms with van der Waals surface area (Å²) in [6.45, 7) is 1.78. The Bertz CT molecular complexity index is 872. The molecule has 2 aromatic carbocycles. The number of para-hydroxylation sites is 1. The molecule has 2 aromatic rings. The molecule has 0 aliphatic heterocycles. The van der Waals surface area contributed by atoms with Crippen LogP contribution in [-0.2, 0) is 4.79 Å². The standard InChI is InChI=1S/C18H17N5O2Se/c1-18(12-21-23-20,26-15-9-7-14(25-2)8-10-15)17(24)22-16-6-4-3-5-13(16)11-19/h3-10H,12H2,1-2H3,(H,22,24). The van der Waals surface area contributed by atoms with E-state index in [-0.39, 0.29) is 27.4 Å². The summed E-state index contributed by atoms with van der Waals surface area (Å²) in [6.07, 6.45) is 0. The van der Waals surface area contributed by atoms with Crippen LogP contribution in [0.5, 0.6) is 5.75 Å². The second kappa shape index (κ2) is 8.93. The first-order chi connectivity index (χ1) is 12.5. The van der Waals surface area contributed by atoms with Gasteiger partial charge < -0.3 is 0 Å². The van der Waals surface area contributed by atoms with Gasteiger partial charge in [-0.25, -0.2) is 0 Å². The Kier molecular flexibility index (Phi) is 6.65. The normalized spacial score (nSPS) is 12.2. The van der Waals surface area contributed by atoms with Crippen molar-refractivity contribution in [3.8, 4) is 11.8 Å². The van der Waals surface area contributed by atoms with E-state index in [1.165, 1.54) is 0 Å². The van der Waals surface area contributed by atoms with E-state index >= 15 is 0 Å². The Labute approximate surface area is 157 Å². The molecule has 1 N–H and O–H groups in total. The molecular formula is C18H17N5O2Se. The van der Waals surface area contributed by atoms with E-state index in [2.05, 4.69) is 21.4 Å². The van der Waals surface area contributed by atoms with Gasteiger partial charge in [-0.2, -0.15) is 0 Å². The number of hydrogen-bond donors (Lipinski definition) is 1. The fourth-order valence-electron chi connectivity index (χ4n) is 2.16. The van der Waals surface area contributed by atoms with E-state index in [1.807, 2.05) is 24.3 Å². The number of carbonyl (C=O) groups is 1. The number of hydrogen-bond acceptors (Lipinski definition) is 4. The molecule has 0 aromatic heterocycles. The topological polar surface area (TPSA) is 111 Å². The van der Waals surface area contributed by atoms with Crippen LogP contribution < -0.4 is 14.5 Å². The van der Waals surface area contributed by atoms with Crippen molar-refractivity contribution in [1.82, 2.24) is 0 Å². The fourth-order valence-corrected chi connectivity index (χ4v) is 4.39. The first-order valence-corrected chi connectivity index (χ1v) is 9.38. The second-order valence-electron chi connectivity index (χ2n) is 5.51. The summed E-state index contributed by atoms with van der Waals surface area (Å²) >= 11 is -0.306. The Hall–Kier alpha value is -2.97. The first kappa shape index (κ1) is 19.4. The van der Waals surface area contributed by atoms with E-state index in [0.717, 1.165) is 10.2 Å². The predicted octanol–water partition coefficient (Wildman–Crippen LogP) is 3.02. The van der Waals surface area contributed by atoms with Crippen LogP contribution in [0.1, 0.15) is 12.5 Å². The Balaban J connectivity index is 2.27. The number of benzene rings is 2. The van der Waals surface area contributed by atoms with Gasteiger partial charge in [-0.3, -0.25) is 0 Å². The van der Waals surface area contributed by atoms with Gasteiger partial charge in [0.05, 0.1) is 0 Å². The number of amides is 1. The van der Waals surface area contributed by atoms with Crippen molar-refractivity contribution < 1.29 is 9.53 Å². The molecule has 0 fully saturated rings. The van der Waals surface area contributed by atoms with E-state index in [1.54, 1.807) is 38.3 Å². The van der Waals surface area contributed by atoms with Gasteiger partial charge in [0.1, 0.15) is 0 Å². The van der Waals surface area contributed by atoms with Crippen molar-refractivity contribution in [2.24, 2.45) is 5.11 Å². The third-order valence-corrected chi connectivity index (χ3v) is 6.28. The summed E-state index contributed by atoms with van der Waals surface area (Å²) in [5, 5.41) is 15.6. The molecule has 8 heteroatoms. The van der Waals surface area contributed by atoms with Crippen LogP contribution in [0.2, 0.25) is 4.31 Å². The molecular weight excluding hydrogens is 397 g/mol. The molecule has 2 rings (SSSR count). The summed E-state index contributed by atoms with van der Waals surface area (Å²) in [5.74, 6) is 0.442. The minimum absolute atomic E-state index is 0.0239. The number of anilines is 1. The van der Waals surface area contributed by atoms with Crippen LogP contribution in [0, 0.1) is 11.3 Å². The fraction of sp³-hybridized carbons (Fsp3) is 0.222. The van der Waals surface area contributed by atoms with Crippen molar-refractivity contribution in [1.29, 1.82) is 5.26 Å². The SMILES string of the molecule is COc1ccc([Se]C(C)(CN=[N+]=[N-])C(=O)Nc2ccccc2C#N)cc1. The van der Waals surface area contributed by atoms with E-state index in [0.29, 0.717) is 11.3 Å². The maximum absolute atomic E-state index is 12.9. The second-order valence-corrected chi connectivity index (χ2v) is 8.82. The quantitative estimate of drug-likeness (QED) is 0.325. The summed E-state index contributed by atoms with van der Waals surface area (Å²) in [4.78, 5) is 15.7. The molecule has 0 saturated heterocycles. The molecule has 1 unspecified atom stereocenters. The average Bonchev–Trinajstić information content (AvgIpc) is 2.67. The van der Waals surface area contributed by atoms with Gasteiger partial charge in [0, 0.05) is 0 Å². The molecule has 0 bridgehead atoms. The molecule has 0 heterocycles. The van der Waals surface area contributed by atoms with Crippen LogP contribution in [0.3, 0.4) is 0 Å². The van der Waals surface area contributed by atoms with Crippen molar-refractivity contribution in [3.63, 3.8) is 0 Å². The summed E-state index contributed by atoms with van der Waals surface area (Å²) in [6, 6.07) is 16.3. The zero-order valence-electron chi connectivity index (χ0n) is 14.3. The van der Waals surface area contributed by atoms with E-state index in [4.69, 9.17) is 10.3 Å². The third-order valence-electron chi connectivity index (χ3n) is 3.61. The number of nitrogens with zero attached hydrogens (tertiary/aromatic N) is 4. The molecule has 26 heavy (non-hydrogen) atoms. The predicted molar refractivity (Wildman–Crippen MR) is 101 cm³/mol. The number of ether oxygens (including phenoxy) is 1. The molecule has 0 radical (unpaired) electrons. The van der Waals surface area contributed by atoms with E-state index in [9.17, 15) is 10.1 Å². The van der Waals surface area contributed by atoms with Crippen LogP contribution in [-0.4, -0.2) is 34.5 Å². The molecule has 0 spiro atoms. The van der Waals surface area contributed by atoms with Gasteiger partial charge in [-0.1, -0.05) is 0 Å². The van der Waals surface area contributed by atoms with Crippen LogP contribution in [0.25, 0.3) is 10.4 Å². The van der Waals surface area contributed by atoms with Crippen LogP contribution in [0.15, 0.2) is 53.6 Å². The van der Waals surface area contributed by atoms with Crippen molar-refractivity contribution in [2.45, 2.75) is 11.2 Å². The van der Waals surface area contributed by atoms with Gasteiger partial charge in [0.15, 0.2) is 0 Å². The Morgan fingerprint density at radius 2 is 2.04 bits per heavy atom. The molecule has 132 valence electrons. The molecule has 7 nitrogen and oxygen atoms in total. The van der Waals surface area contributed by atoms with Crippen molar-refractivity contribution in [2.75, 3.05) is 19.0 Å². The Morgan fingerprint density at radius 1 is 1.35 bits per heavy atom. The Morgan fingerprint density at radius 3 is 2.65 bits per heavy atom. The molecule has 1 amide bonds. The zero-order valence-corrected chi connectivity index (χ0v) is 16.1.